The SMILES string of the molecule is F[B-](F)(F)c1c(OCc2ccccc2)ccc2ccccc12. The van der Waals surface area contributed by atoms with Crippen LogP contribution in [0.2, 0.25) is 0 Å². The maximum Gasteiger partial charge on any atom is 0.513 e. The number of hydrogen-bond donors (Lipinski definition) is 0. The summed E-state index contributed by atoms with van der Waals surface area (Å²) >= 11 is 0. The molecule has 0 saturated heterocycles. The molecule has 0 N–H and O–H groups in total. The molecule has 0 fully saturated rings. The van der Waals surface area contributed by atoms with Gasteiger partial charge in [-0.1, -0.05) is 66.1 Å². The van der Waals surface area contributed by atoms with Crippen LogP contribution in [-0.2, 0) is 6.61 Å². The Bertz CT molecular complexity index is 785. The van der Waals surface area contributed by atoms with Crippen LogP contribution in [0.4, 0.5) is 12.9 Å². The molecule has 112 valence electrons. The fourth-order valence-corrected chi connectivity index (χ4v) is 2.47. The van der Waals surface area contributed by atoms with E-state index in [2.05, 4.69) is 0 Å². The number of rotatable bonds is 4. The highest BCUT2D eigenvalue weighted by Gasteiger charge is 2.31. The number of halogens is 3. The normalized spacial score (nSPS) is 11.6. The Labute approximate surface area is 126 Å². The first kappa shape index (κ1) is 14.5. The van der Waals surface area contributed by atoms with Crippen LogP contribution in [0.5, 0.6) is 5.75 Å². The van der Waals surface area contributed by atoms with E-state index < -0.39 is 12.4 Å². The van der Waals surface area contributed by atoms with Gasteiger partial charge in [-0.25, -0.2) is 0 Å². The van der Waals surface area contributed by atoms with Gasteiger partial charge in [0.15, 0.2) is 0 Å². The molecule has 3 aromatic rings. The van der Waals surface area contributed by atoms with E-state index in [1.807, 2.05) is 30.3 Å². The van der Waals surface area contributed by atoms with E-state index in [0.717, 1.165) is 5.56 Å². The van der Waals surface area contributed by atoms with Crippen molar-refractivity contribution in [3.05, 3.63) is 72.3 Å². The molecule has 22 heavy (non-hydrogen) atoms. The molecule has 0 atom stereocenters. The average Bonchev–Trinajstić information content (AvgIpc) is 2.52. The van der Waals surface area contributed by atoms with Crippen LogP contribution < -0.4 is 10.2 Å². The van der Waals surface area contributed by atoms with Crippen LogP contribution in [0.25, 0.3) is 10.8 Å². The smallest absolute Gasteiger partial charge is 0.492 e. The quantitative estimate of drug-likeness (QED) is 0.646. The summed E-state index contributed by atoms with van der Waals surface area (Å²) in [4.78, 5) is 0. The number of fused-ring (bicyclic) bond motifs is 1. The minimum absolute atomic E-state index is 0.109. The van der Waals surface area contributed by atoms with E-state index in [1.165, 1.54) is 12.1 Å². The Morgan fingerprint density at radius 1 is 0.773 bits per heavy atom. The second-order valence-corrected chi connectivity index (χ2v) is 5.05. The second-order valence-electron chi connectivity index (χ2n) is 5.05. The third-order valence-corrected chi connectivity index (χ3v) is 3.50. The fourth-order valence-electron chi connectivity index (χ4n) is 2.47. The zero-order valence-electron chi connectivity index (χ0n) is 11.7. The lowest BCUT2D eigenvalue weighted by Gasteiger charge is -2.22. The second kappa shape index (κ2) is 5.75. The van der Waals surface area contributed by atoms with E-state index in [0.29, 0.717) is 5.39 Å². The predicted molar refractivity (Wildman–Crippen MR) is 83.4 cm³/mol. The first-order valence-corrected chi connectivity index (χ1v) is 6.94. The predicted octanol–water partition coefficient (Wildman–Crippen LogP) is 4.47. The summed E-state index contributed by atoms with van der Waals surface area (Å²) in [5.41, 5.74) is 0.172. The molecule has 1 nitrogen and oxygen atoms in total. The summed E-state index contributed by atoms with van der Waals surface area (Å²) in [6, 6.07) is 18.7. The van der Waals surface area contributed by atoms with Gasteiger partial charge < -0.3 is 17.7 Å². The minimum atomic E-state index is -5.16. The molecule has 0 aromatic heterocycles. The van der Waals surface area contributed by atoms with Crippen LogP contribution in [-0.4, -0.2) is 6.98 Å². The molecule has 3 rings (SSSR count). The maximum absolute atomic E-state index is 13.5. The van der Waals surface area contributed by atoms with Crippen molar-refractivity contribution in [2.45, 2.75) is 6.61 Å². The van der Waals surface area contributed by atoms with Crippen molar-refractivity contribution >= 4 is 23.2 Å². The lowest BCUT2D eigenvalue weighted by molar-refractivity contribution is 0.307. The van der Waals surface area contributed by atoms with E-state index in [1.54, 1.807) is 24.3 Å². The van der Waals surface area contributed by atoms with Gasteiger partial charge in [0.05, 0.1) is 5.75 Å². The lowest BCUT2D eigenvalue weighted by atomic mass is 9.76. The molecule has 0 saturated carbocycles. The van der Waals surface area contributed by atoms with E-state index in [4.69, 9.17) is 4.74 Å². The summed E-state index contributed by atoms with van der Waals surface area (Å²) in [5.74, 6) is -0.116. The molecule has 0 amide bonds. The van der Waals surface area contributed by atoms with Crippen molar-refractivity contribution in [3.8, 4) is 5.75 Å². The molecular weight excluding hydrogens is 288 g/mol. The fraction of sp³-hybridized carbons (Fsp3) is 0.0588. The number of hydrogen-bond acceptors (Lipinski definition) is 1. The number of benzene rings is 3. The summed E-state index contributed by atoms with van der Waals surface area (Å²) in [7, 11) is 0. The van der Waals surface area contributed by atoms with Gasteiger partial charge in [0.2, 0.25) is 0 Å². The molecule has 0 bridgehead atoms. The third-order valence-electron chi connectivity index (χ3n) is 3.50. The molecule has 0 unspecified atom stereocenters. The van der Waals surface area contributed by atoms with E-state index in [9.17, 15) is 12.9 Å². The van der Waals surface area contributed by atoms with Gasteiger partial charge in [-0.05, 0) is 22.4 Å². The highest BCUT2D eigenvalue weighted by molar-refractivity contribution is 6.76. The standard InChI is InChI=1S/C17H13BF3O/c19-18(20,21)17-15-9-5-4-8-14(15)10-11-16(17)22-12-13-6-2-1-3-7-13/h1-11H,12H2/q-1. The molecular formula is C17H13BF3O-. The van der Waals surface area contributed by atoms with Gasteiger partial charge in [-0.2, -0.15) is 0 Å². The summed E-state index contributed by atoms with van der Waals surface area (Å²) < 4.78 is 45.9. The monoisotopic (exact) mass is 301 g/mol. The van der Waals surface area contributed by atoms with Crippen LogP contribution in [0.15, 0.2) is 66.7 Å². The zero-order valence-corrected chi connectivity index (χ0v) is 11.7. The van der Waals surface area contributed by atoms with E-state index >= 15 is 0 Å². The Balaban J connectivity index is 2.02. The molecule has 0 aliphatic heterocycles. The lowest BCUT2D eigenvalue weighted by Crippen LogP contribution is -2.36. The molecule has 5 heteroatoms. The van der Waals surface area contributed by atoms with Gasteiger partial charge >= 0.3 is 6.98 Å². The van der Waals surface area contributed by atoms with Crippen molar-refractivity contribution < 1.29 is 17.7 Å². The number of ether oxygens (including phenoxy) is 1. The topological polar surface area (TPSA) is 9.23 Å². The average molecular weight is 301 g/mol. The van der Waals surface area contributed by atoms with Crippen LogP contribution in [0.3, 0.4) is 0 Å². The first-order chi connectivity index (χ1) is 10.6. The van der Waals surface area contributed by atoms with E-state index in [-0.39, 0.29) is 17.7 Å². The van der Waals surface area contributed by atoms with Crippen LogP contribution in [0, 0.1) is 0 Å². The Morgan fingerprint density at radius 3 is 2.18 bits per heavy atom. The first-order valence-electron chi connectivity index (χ1n) is 6.94. The summed E-state index contributed by atoms with van der Waals surface area (Å²) in [6.45, 7) is -5.05. The maximum atomic E-state index is 13.5. The highest BCUT2D eigenvalue weighted by Crippen LogP contribution is 2.25. The molecule has 0 spiro atoms. The minimum Gasteiger partial charge on any atom is -0.492 e. The molecule has 3 aromatic carbocycles. The largest absolute Gasteiger partial charge is 0.513 e. The van der Waals surface area contributed by atoms with Gasteiger partial charge in [-0.3, -0.25) is 0 Å². The van der Waals surface area contributed by atoms with Crippen molar-refractivity contribution in [1.29, 1.82) is 0 Å². The molecule has 0 radical (unpaired) electrons. The van der Waals surface area contributed by atoms with Crippen molar-refractivity contribution in [3.63, 3.8) is 0 Å². The van der Waals surface area contributed by atoms with Gasteiger partial charge in [0.25, 0.3) is 0 Å². The molecule has 0 aliphatic rings. The molecule has 0 aliphatic carbocycles. The Morgan fingerprint density at radius 2 is 1.45 bits per heavy atom. The van der Waals surface area contributed by atoms with Crippen LogP contribution >= 0.6 is 0 Å². The summed E-state index contributed by atoms with van der Waals surface area (Å²) in [6.07, 6.45) is 0. The third kappa shape index (κ3) is 2.93. The highest BCUT2D eigenvalue weighted by atomic mass is 19.4. The van der Waals surface area contributed by atoms with Crippen molar-refractivity contribution in [2.24, 2.45) is 0 Å². The molecule has 0 heterocycles. The Hall–Kier alpha value is -2.43. The van der Waals surface area contributed by atoms with Crippen molar-refractivity contribution in [1.82, 2.24) is 0 Å². The van der Waals surface area contributed by atoms with Gasteiger partial charge in [-0.15, -0.1) is 0 Å². The summed E-state index contributed by atoms with van der Waals surface area (Å²) in [5, 5.41) is 0.740. The van der Waals surface area contributed by atoms with Crippen molar-refractivity contribution in [2.75, 3.05) is 0 Å². The zero-order chi connectivity index (χ0) is 15.6. The van der Waals surface area contributed by atoms with Gasteiger partial charge in [0.1, 0.15) is 6.61 Å². The Kier molecular flexibility index (Phi) is 3.80. The van der Waals surface area contributed by atoms with Crippen LogP contribution in [0.1, 0.15) is 5.56 Å². The van der Waals surface area contributed by atoms with Gasteiger partial charge in [0, 0.05) is 0 Å².